The average Bonchev–Trinajstić information content (AvgIpc) is 3.29. The van der Waals surface area contributed by atoms with Crippen LogP contribution in [0.4, 0.5) is 10.6 Å². The van der Waals surface area contributed by atoms with Crippen molar-refractivity contribution in [3.8, 4) is 0 Å². The summed E-state index contributed by atoms with van der Waals surface area (Å²) in [7, 11) is 0. The zero-order valence-electron chi connectivity index (χ0n) is 17.8. The van der Waals surface area contributed by atoms with Crippen LogP contribution < -0.4 is 10.6 Å². The number of nitrogens with one attached hydrogen (secondary N) is 2. The standard InChI is InChI=1S/C21H31N7O2/c1-13(2)17-12-23-20-19(25-18(14-3-4-14)26-28(17)20)24-15-6-9-27(10-7-15)21(29)30-16-5-8-22-11-16/h12-16,22H,3-11H2,1-2H3,(H,24,25,26)/t16-/m0/s1. The smallest absolute Gasteiger partial charge is 0.410 e. The van der Waals surface area contributed by atoms with Gasteiger partial charge in [0.05, 0.1) is 11.9 Å². The molecule has 2 aromatic rings. The quantitative estimate of drug-likeness (QED) is 0.777. The molecule has 0 unspecified atom stereocenters. The highest BCUT2D eigenvalue weighted by atomic mass is 16.6. The molecule has 2 aromatic heterocycles. The maximum atomic E-state index is 12.4. The second-order valence-corrected chi connectivity index (χ2v) is 9.07. The van der Waals surface area contributed by atoms with Gasteiger partial charge in [-0.25, -0.2) is 19.3 Å². The average molecular weight is 414 g/mol. The van der Waals surface area contributed by atoms with Crippen LogP contribution in [0.3, 0.4) is 0 Å². The van der Waals surface area contributed by atoms with Crippen molar-refractivity contribution in [3.63, 3.8) is 0 Å². The number of ether oxygens (including phenoxy) is 1. The zero-order chi connectivity index (χ0) is 20.7. The van der Waals surface area contributed by atoms with E-state index in [-0.39, 0.29) is 18.2 Å². The molecule has 5 rings (SSSR count). The molecule has 0 aromatic carbocycles. The number of carbonyl (C=O) groups excluding carboxylic acids is 1. The maximum absolute atomic E-state index is 12.4. The van der Waals surface area contributed by atoms with Crippen LogP contribution in [0.2, 0.25) is 0 Å². The topological polar surface area (TPSA) is 96.7 Å². The lowest BCUT2D eigenvalue weighted by molar-refractivity contribution is 0.0641. The van der Waals surface area contributed by atoms with E-state index in [9.17, 15) is 4.79 Å². The number of aromatic nitrogens is 4. The molecule has 2 saturated heterocycles. The number of amides is 1. The van der Waals surface area contributed by atoms with Crippen molar-refractivity contribution in [2.75, 3.05) is 31.5 Å². The number of piperidine rings is 1. The van der Waals surface area contributed by atoms with Crippen molar-refractivity contribution < 1.29 is 9.53 Å². The Hall–Kier alpha value is -2.42. The first-order valence-electron chi connectivity index (χ1n) is 11.3. The van der Waals surface area contributed by atoms with Crippen LogP contribution in [0.1, 0.15) is 69.3 Å². The van der Waals surface area contributed by atoms with E-state index >= 15 is 0 Å². The minimum absolute atomic E-state index is 0.0130. The molecule has 1 aliphatic carbocycles. The SMILES string of the molecule is CC(C)c1cnc2c(NC3CCN(C(=O)O[C@H]4CCNC4)CC3)nc(C3CC3)nn12. The van der Waals surface area contributed by atoms with Crippen LogP contribution >= 0.6 is 0 Å². The summed E-state index contributed by atoms with van der Waals surface area (Å²) in [4.78, 5) is 23.7. The van der Waals surface area contributed by atoms with E-state index in [4.69, 9.17) is 14.8 Å². The molecule has 0 spiro atoms. The number of anilines is 1. The van der Waals surface area contributed by atoms with E-state index in [1.54, 1.807) is 0 Å². The minimum Gasteiger partial charge on any atom is -0.445 e. The normalized spacial score (nSPS) is 22.8. The molecule has 0 bridgehead atoms. The Balaban J connectivity index is 1.26. The summed E-state index contributed by atoms with van der Waals surface area (Å²) in [5, 5.41) is 11.6. The minimum atomic E-state index is -0.183. The Morgan fingerprint density at radius 1 is 1.23 bits per heavy atom. The molecule has 3 aliphatic rings. The van der Waals surface area contributed by atoms with Gasteiger partial charge in [0.1, 0.15) is 6.10 Å². The largest absolute Gasteiger partial charge is 0.445 e. The van der Waals surface area contributed by atoms with Crippen LogP contribution in [-0.4, -0.2) is 68.9 Å². The Morgan fingerprint density at radius 3 is 2.70 bits per heavy atom. The highest BCUT2D eigenvalue weighted by molar-refractivity contribution is 5.68. The third kappa shape index (κ3) is 3.95. The highest BCUT2D eigenvalue weighted by Crippen LogP contribution is 2.39. The third-order valence-electron chi connectivity index (χ3n) is 6.32. The molecule has 1 amide bonds. The van der Waals surface area contributed by atoms with Crippen LogP contribution in [-0.2, 0) is 4.74 Å². The predicted molar refractivity (Wildman–Crippen MR) is 113 cm³/mol. The van der Waals surface area contributed by atoms with Gasteiger partial charge < -0.3 is 20.3 Å². The number of hydrogen-bond donors (Lipinski definition) is 2. The van der Waals surface area contributed by atoms with E-state index in [0.29, 0.717) is 24.9 Å². The fourth-order valence-electron chi connectivity index (χ4n) is 4.27. The van der Waals surface area contributed by atoms with Crippen molar-refractivity contribution in [3.05, 3.63) is 17.7 Å². The van der Waals surface area contributed by atoms with Gasteiger partial charge in [-0.2, -0.15) is 5.10 Å². The molecule has 0 radical (unpaired) electrons. The highest BCUT2D eigenvalue weighted by Gasteiger charge is 2.31. The molecule has 1 atom stereocenters. The van der Waals surface area contributed by atoms with Gasteiger partial charge in [-0.1, -0.05) is 13.8 Å². The summed E-state index contributed by atoms with van der Waals surface area (Å²) in [5.74, 6) is 2.55. The second kappa shape index (κ2) is 8.02. The molecule has 1 saturated carbocycles. The Labute approximate surface area is 176 Å². The predicted octanol–water partition coefficient (Wildman–Crippen LogP) is 2.50. The number of carbonyl (C=O) groups is 1. The molecule has 4 heterocycles. The van der Waals surface area contributed by atoms with Gasteiger partial charge in [0.2, 0.25) is 0 Å². The Kier molecular flexibility index (Phi) is 5.22. The summed E-state index contributed by atoms with van der Waals surface area (Å²) in [6.45, 7) is 7.39. The molecule has 2 N–H and O–H groups in total. The van der Waals surface area contributed by atoms with E-state index < -0.39 is 0 Å². The first-order chi connectivity index (χ1) is 14.6. The number of hydrogen-bond acceptors (Lipinski definition) is 7. The number of imidazole rings is 1. The van der Waals surface area contributed by atoms with Crippen molar-refractivity contribution >= 4 is 17.6 Å². The number of likely N-dealkylation sites (tertiary alicyclic amines) is 1. The van der Waals surface area contributed by atoms with Crippen molar-refractivity contribution in [2.45, 2.75) is 69.9 Å². The zero-order valence-corrected chi connectivity index (χ0v) is 17.8. The van der Waals surface area contributed by atoms with Gasteiger partial charge in [0.15, 0.2) is 17.3 Å². The van der Waals surface area contributed by atoms with E-state index in [2.05, 4.69) is 29.5 Å². The maximum Gasteiger partial charge on any atom is 0.410 e. The van der Waals surface area contributed by atoms with Crippen molar-refractivity contribution in [2.24, 2.45) is 0 Å². The lowest BCUT2D eigenvalue weighted by atomic mass is 10.1. The first-order valence-corrected chi connectivity index (χ1v) is 11.3. The van der Waals surface area contributed by atoms with E-state index in [0.717, 1.165) is 68.2 Å². The summed E-state index contributed by atoms with van der Waals surface area (Å²) < 4.78 is 7.57. The Bertz CT molecular complexity index is 909. The van der Waals surface area contributed by atoms with Gasteiger partial charge in [-0.3, -0.25) is 0 Å². The van der Waals surface area contributed by atoms with Crippen LogP contribution in [0.15, 0.2) is 6.20 Å². The molecule has 162 valence electrons. The molecular weight excluding hydrogens is 382 g/mol. The van der Waals surface area contributed by atoms with E-state index in [1.807, 2.05) is 15.6 Å². The second-order valence-electron chi connectivity index (χ2n) is 9.07. The van der Waals surface area contributed by atoms with E-state index in [1.165, 1.54) is 0 Å². The fourth-order valence-corrected chi connectivity index (χ4v) is 4.27. The van der Waals surface area contributed by atoms with Gasteiger partial charge in [-0.05, 0) is 44.6 Å². The van der Waals surface area contributed by atoms with Crippen LogP contribution in [0, 0.1) is 0 Å². The first kappa shape index (κ1) is 19.5. The monoisotopic (exact) mass is 413 g/mol. The number of rotatable bonds is 5. The third-order valence-corrected chi connectivity index (χ3v) is 6.32. The molecule has 3 fully saturated rings. The van der Waals surface area contributed by atoms with Crippen LogP contribution in [0.5, 0.6) is 0 Å². The van der Waals surface area contributed by atoms with Crippen molar-refractivity contribution in [1.29, 1.82) is 0 Å². The van der Waals surface area contributed by atoms with Gasteiger partial charge in [-0.15, -0.1) is 0 Å². The van der Waals surface area contributed by atoms with Gasteiger partial charge in [0.25, 0.3) is 0 Å². The van der Waals surface area contributed by atoms with Crippen molar-refractivity contribution in [1.82, 2.24) is 29.8 Å². The number of fused-ring (bicyclic) bond motifs is 1. The molecular formula is C21H31N7O2. The molecule has 2 aliphatic heterocycles. The lowest BCUT2D eigenvalue weighted by Crippen LogP contribution is -2.44. The molecule has 30 heavy (non-hydrogen) atoms. The van der Waals surface area contributed by atoms with Crippen LogP contribution in [0.25, 0.3) is 5.65 Å². The molecule has 9 heteroatoms. The lowest BCUT2D eigenvalue weighted by Gasteiger charge is -2.32. The summed E-state index contributed by atoms with van der Waals surface area (Å²) >= 11 is 0. The van der Waals surface area contributed by atoms with Gasteiger partial charge in [0, 0.05) is 31.6 Å². The summed E-state index contributed by atoms with van der Waals surface area (Å²) in [6.07, 6.45) is 6.69. The van der Waals surface area contributed by atoms with Gasteiger partial charge >= 0.3 is 6.09 Å². The fraction of sp³-hybridized carbons (Fsp3) is 0.714. The molecule has 9 nitrogen and oxygen atoms in total. The Morgan fingerprint density at radius 2 is 2.03 bits per heavy atom. The summed E-state index contributed by atoms with van der Waals surface area (Å²) in [5.41, 5.74) is 1.90. The summed E-state index contributed by atoms with van der Waals surface area (Å²) in [6, 6.07) is 0.257. The number of nitrogens with zero attached hydrogens (tertiary/aromatic N) is 5.